The standard InChI is InChI=1S/C40H30N4/c1-2-25(24-41)36-19-20-37(42-36)40-43-38(34-21-26-11-3-5-13-28(26)30-15-7-9-17-32(30)34)23-39(44-40)35-22-27-12-4-6-14-29(27)31-16-8-10-18-33(31)35/h2-24,36,40-41,43H,1H3/b25-2+,41-24?. The summed E-state index contributed by atoms with van der Waals surface area (Å²) in [4.78, 5) is 10.3. The van der Waals surface area contributed by atoms with E-state index >= 15 is 0 Å². The molecule has 0 amide bonds. The third-order valence-electron chi connectivity index (χ3n) is 8.80. The van der Waals surface area contributed by atoms with Gasteiger partial charge >= 0.3 is 0 Å². The summed E-state index contributed by atoms with van der Waals surface area (Å²) >= 11 is 0. The lowest BCUT2D eigenvalue weighted by molar-refractivity contribution is 0.782. The van der Waals surface area contributed by atoms with Crippen molar-refractivity contribution in [3.05, 3.63) is 150 Å². The van der Waals surface area contributed by atoms with Crippen LogP contribution in [0.15, 0.2) is 149 Å². The van der Waals surface area contributed by atoms with E-state index in [1.165, 1.54) is 49.3 Å². The number of hydrogen-bond donors (Lipinski definition) is 2. The summed E-state index contributed by atoms with van der Waals surface area (Å²) < 4.78 is 0. The molecule has 0 bridgehead atoms. The minimum atomic E-state index is -0.384. The normalized spacial score (nSPS) is 18.4. The fourth-order valence-corrected chi connectivity index (χ4v) is 6.64. The van der Waals surface area contributed by atoms with Gasteiger partial charge in [-0.25, -0.2) is 0 Å². The van der Waals surface area contributed by atoms with Gasteiger partial charge in [0.15, 0.2) is 6.17 Å². The Balaban J connectivity index is 1.37. The second-order valence-corrected chi connectivity index (χ2v) is 11.3. The van der Waals surface area contributed by atoms with E-state index in [0.717, 1.165) is 33.8 Å². The van der Waals surface area contributed by atoms with Crippen molar-refractivity contribution in [3.8, 4) is 0 Å². The Labute approximate surface area is 256 Å². The third kappa shape index (κ3) is 4.26. The van der Waals surface area contributed by atoms with Crippen LogP contribution in [0, 0.1) is 5.41 Å². The highest BCUT2D eigenvalue weighted by molar-refractivity contribution is 6.25. The average Bonchev–Trinajstić information content (AvgIpc) is 3.58. The first kappa shape index (κ1) is 26.1. The van der Waals surface area contributed by atoms with Gasteiger partial charge in [-0.3, -0.25) is 9.98 Å². The van der Waals surface area contributed by atoms with Gasteiger partial charge in [0.1, 0.15) is 0 Å². The number of hydrogen-bond acceptors (Lipinski definition) is 4. The lowest BCUT2D eigenvalue weighted by atomic mass is 9.91. The molecule has 2 N–H and O–H groups in total. The molecule has 6 aromatic carbocycles. The summed E-state index contributed by atoms with van der Waals surface area (Å²) in [5.74, 6) is 0. The molecule has 44 heavy (non-hydrogen) atoms. The minimum Gasteiger partial charge on any atom is -0.358 e. The number of benzene rings is 6. The van der Waals surface area contributed by atoms with Crippen LogP contribution in [0.5, 0.6) is 0 Å². The third-order valence-corrected chi connectivity index (χ3v) is 8.80. The monoisotopic (exact) mass is 566 g/mol. The van der Waals surface area contributed by atoms with Gasteiger partial charge in [-0.2, -0.15) is 0 Å². The fourth-order valence-electron chi connectivity index (χ4n) is 6.64. The van der Waals surface area contributed by atoms with Crippen LogP contribution in [0.3, 0.4) is 0 Å². The molecular formula is C40H30N4. The maximum atomic E-state index is 7.86. The van der Waals surface area contributed by atoms with Gasteiger partial charge < -0.3 is 10.7 Å². The van der Waals surface area contributed by atoms with Crippen LogP contribution in [0.4, 0.5) is 0 Å². The smallest absolute Gasteiger partial charge is 0.162 e. The van der Waals surface area contributed by atoms with Gasteiger partial charge in [-0.05, 0) is 79.9 Å². The molecule has 2 heterocycles. The fraction of sp³-hybridized carbons (Fsp3) is 0.0750. The van der Waals surface area contributed by atoms with Gasteiger partial charge in [0, 0.05) is 23.0 Å². The topological polar surface area (TPSA) is 60.6 Å². The zero-order chi connectivity index (χ0) is 29.6. The Kier molecular flexibility index (Phi) is 6.27. The quantitative estimate of drug-likeness (QED) is 0.159. The van der Waals surface area contributed by atoms with Gasteiger partial charge in [-0.1, -0.05) is 109 Å². The average molecular weight is 567 g/mol. The predicted octanol–water partition coefficient (Wildman–Crippen LogP) is 9.03. The molecule has 0 radical (unpaired) electrons. The van der Waals surface area contributed by atoms with Crippen molar-refractivity contribution in [1.82, 2.24) is 5.32 Å². The van der Waals surface area contributed by atoms with Gasteiger partial charge in [0.05, 0.1) is 17.5 Å². The Hall–Kier alpha value is -5.61. The molecule has 2 unspecified atom stereocenters. The lowest BCUT2D eigenvalue weighted by Gasteiger charge is -2.26. The van der Waals surface area contributed by atoms with Crippen molar-refractivity contribution < 1.29 is 0 Å². The predicted molar refractivity (Wildman–Crippen MR) is 187 cm³/mol. The summed E-state index contributed by atoms with van der Waals surface area (Å²) in [6.07, 6.45) is 9.27. The maximum absolute atomic E-state index is 7.86. The number of nitrogens with zero attached hydrogens (tertiary/aromatic N) is 2. The highest BCUT2D eigenvalue weighted by Crippen LogP contribution is 2.35. The first-order chi connectivity index (χ1) is 21.7. The van der Waals surface area contributed by atoms with Crippen LogP contribution in [0.25, 0.3) is 48.8 Å². The van der Waals surface area contributed by atoms with E-state index < -0.39 is 0 Å². The number of allylic oxidation sites excluding steroid dienone is 2. The van der Waals surface area contributed by atoms with Crippen LogP contribution < -0.4 is 5.32 Å². The van der Waals surface area contributed by atoms with Crippen molar-refractivity contribution in [2.75, 3.05) is 0 Å². The van der Waals surface area contributed by atoms with E-state index in [1.807, 2.05) is 13.0 Å². The summed E-state index contributed by atoms with van der Waals surface area (Å²) in [5.41, 5.74) is 5.89. The summed E-state index contributed by atoms with van der Waals surface area (Å²) in [6.45, 7) is 1.95. The van der Waals surface area contributed by atoms with Crippen molar-refractivity contribution in [2.45, 2.75) is 19.1 Å². The zero-order valence-corrected chi connectivity index (χ0v) is 24.3. The molecule has 210 valence electrons. The second-order valence-electron chi connectivity index (χ2n) is 11.3. The molecular weight excluding hydrogens is 536 g/mol. The summed E-state index contributed by atoms with van der Waals surface area (Å²) in [6, 6.07) is 38.8. The lowest BCUT2D eigenvalue weighted by Crippen LogP contribution is -2.37. The van der Waals surface area contributed by atoms with Gasteiger partial charge in [0.2, 0.25) is 0 Å². The van der Waals surface area contributed by atoms with Gasteiger partial charge in [0.25, 0.3) is 0 Å². The highest BCUT2D eigenvalue weighted by atomic mass is 15.1. The molecule has 6 aromatic rings. The van der Waals surface area contributed by atoms with Crippen molar-refractivity contribution in [1.29, 1.82) is 5.41 Å². The van der Waals surface area contributed by atoms with Crippen molar-refractivity contribution in [2.24, 2.45) is 9.98 Å². The molecule has 2 atom stereocenters. The largest absolute Gasteiger partial charge is 0.358 e. The summed E-state index contributed by atoms with van der Waals surface area (Å²) in [7, 11) is 0. The van der Waals surface area contributed by atoms with E-state index in [4.69, 9.17) is 15.4 Å². The Morgan fingerprint density at radius 3 is 1.84 bits per heavy atom. The van der Waals surface area contributed by atoms with Crippen molar-refractivity contribution >= 4 is 66.4 Å². The molecule has 4 nitrogen and oxygen atoms in total. The molecule has 8 rings (SSSR count). The number of rotatable bonds is 5. The summed E-state index contributed by atoms with van der Waals surface area (Å²) in [5, 5.41) is 21.3. The maximum Gasteiger partial charge on any atom is 0.162 e. The second kappa shape index (κ2) is 10.6. The highest BCUT2D eigenvalue weighted by Gasteiger charge is 2.26. The SMILES string of the molecule is C/C=C(\C=N)C1C=CC(C2N=C(c3cc4ccccc4c4ccccc34)C=C(c3cc4ccccc4c4ccccc34)N2)=N1. The Morgan fingerprint density at radius 1 is 0.682 bits per heavy atom. The Bertz CT molecular complexity index is 2300. The van der Waals surface area contributed by atoms with E-state index in [-0.39, 0.29) is 12.2 Å². The van der Waals surface area contributed by atoms with Crippen LogP contribution in [0.1, 0.15) is 18.1 Å². The molecule has 2 aliphatic heterocycles. The molecule has 0 saturated carbocycles. The molecule has 2 aliphatic rings. The van der Waals surface area contributed by atoms with E-state index in [9.17, 15) is 0 Å². The van der Waals surface area contributed by atoms with Crippen LogP contribution in [0.2, 0.25) is 0 Å². The van der Waals surface area contributed by atoms with E-state index in [1.54, 1.807) is 0 Å². The number of aliphatic imine (C=N–C) groups is 2. The van der Waals surface area contributed by atoms with Crippen LogP contribution in [-0.2, 0) is 0 Å². The Morgan fingerprint density at radius 2 is 1.23 bits per heavy atom. The molecule has 0 fully saturated rings. The molecule has 0 aromatic heterocycles. The van der Waals surface area contributed by atoms with E-state index in [0.29, 0.717) is 0 Å². The number of fused-ring (bicyclic) bond motifs is 6. The van der Waals surface area contributed by atoms with Gasteiger partial charge in [-0.15, -0.1) is 0 Å². The molecule has 0 saturated heterocycles. The molecule has 0 aliphatic carbocycles. The first-order valence-corrected chi connectivity index (χ1v) is 15.0. The van der Waals surface area contributed by atoms with Crippen LogP contribution in [-0.4, -0.2) is 29.8 Å². The zero-order valence-electron chi connectivity index (χ0n) is 24.3. The first-order valence-electron chi connectivity index (χ1n) is 15.0. The van der Waals surface area contributed by atoms with E-state index in [2.05, 4.69) is 133 Å². The number of nitrogens with one attached hydrogen (secondary N) is 2. The van der Waals surface area contributed by atoms with Crippen LogP contribution >= 0.6 is 0 Å². The minimum absolute atomic E-state index is 0.176. The molecule has 4 heteroatoms. The molecule has 0 spiro atoms. The van der Waals surface area contributed by atoms with Crippen molar-refractivity contribution in [3.63, 3.8) is 0 Å².